The number of nitrogens with zero attached hydrogens (tertiary/aromatic N) is 4. The highest BCUT2D eigenvalue weighted by molar-refractivity contribution is 6.04. The lowest BCUT2D eigenvalue weighted by atomic mass is 10.1. The predicted octanol–water partition coefficient (Wildman–Crippen LogP) is 6.67. The minimum Gasteiger partial charge on any atom is -0.454 e. The Kier molecular flexibility index (Phi) is 9.96. The maximum Gasteiger partial charge on any atom is 0.418 e. The molecule has 0 spiro atoms. The van der Waals surface area contributed by atoms with Crippen LogP contribution in [0, 0.1) is 0 Å². The van der Waals surface area contributed by atoms with E-state index in [2.05, 4.69) is 15.2 Å². The van der Waals surface area contributed by atoms with Gasteiger partial charge in [-0.1, -0.05) is 6.07 Å². The molecule has 2 amide bonds. The molecule has 0 atom stereocenters. The summed E-state index contributed by atoms with van der Waals surface area (Å²) in [5.41, 5.74) is -0.920. The van der Waals surface area contributed by atoms with Crippen LogP contribution < -0.4 is 24.4 Å². The Morgan fingerprint density at radius 1 is 0.863 bits per heavy atom. The number of amides is 2. The van der Waals surface area contributed by atoms with Gasteiger partial charge in [0.05, 0.1) is 29.6 Å². The highest BCUT2D eigenvalue weighted by Gasteiger charge is 2.36. The van der Waals surface area contributed by atoms with Crippen molar-refractivity contribution in [2.45, 2.75) is 18.9 Å². The molecule has 0 aliphatic carbocycles. The number of benzene rings is 3. The first-order valence-electron chi connectivity index (χ1n) is 15.7. The summed E-state index contributed by atoms with van der Waals surface area (Å²) in [6.45, 7) is 2.64. The van der Waals surface area contributed by atoms with Crippen molar-refractivity contribution in [2.24, 2.45) is 0 Å². The second kappa shape index (κ2) is 14.4. The molecule has 1 aromatic heterocycles. The summed E-state index contributed by atoms with van der Waals surface area (Å²) in [6, 6.07) is 15.4. The second-order valence-electron chi connectivity index (χ2n) is 11.9. The fraction of sp³-hybridized carbons (Fsp3) is 0.286. The SMILES string of the molecule is CN(CC(=O)N1CCN(Cc2ccc3c(c2)OCO3)CC1)c1ccc(Oc2ccc(NC(=O)c3ccc(C(F)(F)F)cc3)cn2)cc1C(F)(F)F. The molecule has 3 heterocycles. The van der Waals surface area contributed by atoms with Gasteiger partial charge in [-0.05, 0) is 66.2 Å². The molecule has 0 saturated carbocycles. The smallest absolute Gasteiger partial charge is 0.418 e. The van der Waals surface area contributed by atoms with Gasteiger partial charge in [-0.25, -0.2) is 4.98 Å². The fourth-order valence-electron chi connectivity index (χ4n) is 5.63. The van der Waals surface area contributed by atoms with Crippen LogP contribution in [0.15, 0.2) is 79.0 Å². The average molecular weight is 716 g/mol. The third-order valence-electron chi connectivity index (χ3n) is 8.32. The number of carbonyl (C=O) groups is 2. The number of nitrogens with one attached hydrogen (secondary N) is 1. The molecule has 2 aliphatic rings. The third-order valence-corrected chi connectivity index (χ3v) is 8.32. The summed E-state index contributed by atoms with van der Waals surface area (Å²) in [5.74, 6) is 0.155. The van der Waals surface area contributed by atoms with Crippen LogP contribution in [0.25, 0.3) is 0 Å². The number of fused-ring (bicyclic) bond motifs is 1. The van der Waals surface area contributed by atoms with Crippen molar-refractivity contribution in [2.75, 3.05) is 56.8 Å². The van der Waals surface area contributed by atoms with Crippen LogP contribution in [0.3, 0.4) is 0 Å². The number of alkyl halides is 6. The minimum absolute atomic E-state index is 0.0221. The monoisotopic (exact) mass is 715 g/mol. The summed E-state index contributed by atoms with van der Waals surface area (Å²) in [6.07, 6.45) is -8.13. The van der Waals surface area contributed by atoms with Crippen molar-refractivity contribution < 1.29 is 50.1 Å². The Bertz CT molecular complexity index is 1880. The van der Waals surface area contributed by atoms with Gasteiger partial charge in [0.2, 0.25) is 18.6 Å². The molecule has 10 nitrogen and oxygen atoms in total. The number of aromatic nitrogens is 1. The number of likely N-dealkylation sites (N-methyl/N-ethyl adjacent to an activating group) is 1. The molecule has 3 aromatic carbocycles. The van der Waals surface area contributed by atoms with E-state index in [0.717, 1.165) is 35.9 Å². The number of halogens is 6. The van der Waals surface area contributed by atoms with E-state index >= 15 is 0 Å². The highest BCUT2D eigenvalue weighted by Crippen LogP contribution is 2.39. The molecule has 1 saturated heterocycles. The Balaban J connectivity index is 1.03. The highest BCUT2D eigenvalue weighted by atomic mass is 19.4. The fourth-order valence-corrected chi connectivity index (χ4v) is 5.63. The summed E-state index contributed by atoms with van der Waals surface area (Å²) in [7, 11) is 1.41. The molecule has 4 aromatic rings. The normalized spacial score (nSPS) is 14.7. The topological polar surface area (TPSA) is 96.5 Å². The Labute approximate surface area is 288 Å². The first-order chi connectivity index (χ1) is 24.2. The Hall–Kier alpha value is -5.51. The van der Waals surface area contributed by atoms with Crippen molar-refractivity contribution in [3.63, 3.8) is 0 Å². The van der Waals surface area contributed by atoms with E-state index in [-0.39, 0.29) is 47.8 Å². The predicted molar refractivity (Wildman–Crippen MR) is 173 cm³/mol. The number of rotatable bonds is 9. The number of hydrogen-bond acceptors (Lipinski definition) is 8. The molecule has 0 radical (unpaired) electrons. The molecule has 0 unspecified atom stereocenters. The maximum atomic E-state index is 14.2. The Morgan fingerprint density at radius 2 is 1.59 bits per heavy atom. The van der Waals surface area contributed by atoms with E-state index in [1.807, 2.05) is 18.2 Å². The van der Waals surface area contributed by atoms with Gasteiger partial charge in [0.1, 0.15) is 5.75 Å². The zero-order valence-electron chi connectivity index (χ0n) is 27.1. The van der Waals surface area contributed by atoms with Crippen LogP contribution in [0.1, 0.15) is 27.0 Å². The van der Waals surface area contributed by atoms with Gasteiger partial charge in [-0.3, -0.25) is 14.5 Å². The quantitative estimate of drug-likeness (QED) is 0.192. The van der Waals surface area contributed by atoms with Crippen molar-refractivity contribution in [3.05, 3.63) is 101 Å². The van der Waals surface area contributed by atoms with Crippen LogP contribution in [-0.2, 0) is 23.7 Å². The molecule has 268 valence electrons. The molecular formula is C35H31F6N5O5. The molecular weight excluding hydrogens is 684 g/mol. The molecule has 2 aliphatic heterocycles. The molecule has 1 N–H and O–H groups in total. The zero-order chi connectivity index (χ0) is 36.3. The number of carbonyl (C=O) groups excluding carboxylic acids is 2. The largest absolute Gasteiger partial charge is 0.454 e. The van der Waals surface area contributed by atoms with E-state index in [4.69, 9.17) is 14.2 Å². The van der Waals surface area contributed by atoms with E-state index in [0.29, 0.717) is 44.2 Å². The lowest BCUT2D eigenvalue weighted by Gasteiger charge is -2.36. The van der Waals surface area contributed by atoms with Crippen molar-refractivity contribution >= 4 is 23.2 Å². The molecule has 1 fully saturated rings. The van der Waals surface area contributed by atoms with Gasteiger partial charge < -0.3 is 29.3 Å². The van der Waals surface area contributed by atoms with Crippen LogP contribution in [-0.4, -0.2) is 73.2 Å². The van der Waals surface area contributed by atoms with E-state index in [9.17, 15) is 35.9 Å². The van der Waals surface area contributed by atoms with Crippen LogP contribution >= 0.6 is 0 Å². The lowest BCUT2D eigenvalue weighted by Crippen LogP contribution is -2.50. The maximum absolute atomic E-state index is 14.2. The third kappa shape index (κ3) is 8.63. The lowest BCUT2D eigenvalue weighted by molar-refractivity contribution is -0.138. The van der Waals surface area contributed by atoms with Crippen molar-refractivity contribution in [1.82, 2.24) is 14.8 Å². The number of ether oxygens (including phenoxy) is 3. The minimum atomic E-state index is -4.77. The van der Waals surface area contributed by atoms with Crippen LogP contribution in [0.2, 0.25) is 0 Å². The summed E-state index contributed by atoms with van der Waals surface area (Å²) < 4.78 is 97.3. The number of pyridine rings is 1. The van der Waals surface area contributed by atoms with E-state index in [1.54, 1.807) is 4.90 Å². The molecule has 0 bridgehead atoms. The molecule has 6 rings (SSSR count). The van der Waals surface area contributed by atoms with Crippen molar-refractivity contribution in [1.29, 1.82) is 0 Å². The van der Waals surface area contributed by atoms with Crippen LogP contribution in [0.5, 0.6) is 23.1 Å². The number of anilines is 2. The first-order valence-corrected chi connectivity index (χ1v) is 15.7. The van der Waals surface area contributed by atoms with Gasteiger partial charge in [-0.2, -0.15) is 26.3 Å². The number of piperazine rings is 1. The van der Waals surface area contributed by atoms with Gasteiger partial charge in [-0.15, -0.1) is 0 Å². The summed E-state index contributed by atoms with van der Waals surface area (Å²) in [4.78, 5) is 34.6. The van der Waals surface area contributed by atoms with Gasteiger partial charge in [0.25, 0.3) is 5.91 Å². The summed E-state index contributed by atoms with van der Waals surface area (Å²) in [5, 5.41) is 2.48. The van der Waals surface area contributed by atoms with Crippen LogP contribution in [0.4, 0.5) is 37.7 Å². The standard InChI is InChI=1S/C35H31F6N5O5/c1-44(20-32(47)46-14-12-45(13-15-46)19-22-2-10-29-30(16-22)50-21-49-29)28-9-8-26(17-27(28)35(39,40)41)51-31-11-7-25(18-42-31)43-33(48)23-3-5-24(6-4-23)34(36,37)38/h2-11,16-18H,12-15,19-21H2,1H3,(H,43,48). The van der Waals surface area contributed by atoms with E-state index in [1.165, 1.54) is 42.4 Å². The zero-order valence-corrected chi connectivity index (χ0v) is 27.1. The second-order valence-corrected chi connectivity index (χ2v) is 11.9. The Morgan fingerprint density at radius 3 is 2.25 bits per heavy atom. The average Bonchev–Trinajstić information content (AvgIpc) is 3.57. The summed E-state index contributed by atoms with van der Waals surface area (Å²) >= 11 is 0. The van der Waals surface area contributed by atoms with Gasteiger partial charge >= 0.3 is 12.4 Å². The first kappa shape index (κ1) is 35.3. The van der Waals surface area contributed by atoms with Crippen molar-refractivity contribution in [3.8, 4) is 23.1 Å². The van der Waals surface area contributed by atoms with Gasteiger partial charge in [0, 0.05) is 57.1 Å². The van der Waals surface area contributed by atoms with E-state index < -0.39 is 29.4 Å². The van der Waals surface area contributed by atoms with Gasteiger partial charge in [0.15, 0.2) is 11.5 Å². The molecule has 16 heteroatoms. The number of hydrogen-bond donors (Lipinski definition) is 1. The molecule has 51 heavy (non-hydrogen) atoms.